The van der Waals surface area contributed by atoms with E-state index in [1.54, 1.807) is 15.4 Å². The molecule has 1 unspecified atom stereocenters. The van der Waals surface area contributed by atoms with Crippen molar-refractivity contribution in [2.45, 2.75) is 31.5 Å². The number of benzene rings is 1. The van der Waals surface area contributed by atoms with E-state index in [-0.39, 0.29) is 23.9 Å². The van der Waals surface area contributed by atoms with Crippen molar-refractivity contribution >= 4 is 28.7 Å². The number of likely N-dealkylation sites (N-methyl/N-ethyl adjacent to an activating group) is 1. The number of carbonyl (C=O) groups excluding carboxylic acids is 1. The van der Waals surface area contributed by atoms with E-state index >= 15 is 0 Å². The maximum Gasteiger partial charge on any atom is 0.265 e. The van der Waals surface area contributed by atoms with Crippen LogP contribution in [0.2, 0.25) is 0 Å². The molecule has 1 aliphatic heterocycles. The highest BCUT2D eigenvalue weighted by atomic mass is 32.2. The fourth-order valence-corrected chi connectivity index (χ4v) is 4.66. The van der Waals surface area contributed by atoms with E-state index in [0.29, 0.717) is 28.5 Å². The number of amides is 1. The van der Waals surface area contributed by atoms with E-state index in [4.69, 9.17) is 4.98 Å². The molecule has 9 heteroatoms. The predicted molar refractivity (Wildman–Crippen MR) is 119 cm³/mol. The van der Waals surface area contributed by atoms with Gasteiger partial charge >= 0.3 is 0 Å². The molecule has 0 saturated heterocycles. The van der Waals surface area contributed by atoms with E-state index in [0.717, 1.165) is 17.8 Å². The minimum Gasteiger partial charge on any atom is -0.355 e. The molecule has 8 nitrogen and oxygen atoms in total. The second-order valence-corrected chi connectivity index (χ2v) is 8.94. The number of hydrogen-bond acceptors (Lipinski definition) is 6. The summed E-state index contributed by atoms with van der Waals surface area (Å²) in [5, 5.41) is 8.46. The van der Waals surface area contributed by atoms with E-state index in [2.05, 4.69) is 24.3 Å². The molecule has 30 heavy (non-hydrogen) atoms. The average molecular weight is 427 g/mol. The van der Waals surface area contributed by atoms with E-state index in [1.165, 1.54) is 17.3 Å². The van der Waals surface area contributed by atoms with Gasteiger partial charge in [0.2, 0.25) is 5.91 Å². The topological polar surface area (TPSA) is 85.0 Å². The average Bonchev–Trinajstić information content (AvgIpc) is 3.29. The Bertz CT molecular complexity index is 1170. The third kappa shape index (κ3) is 3.87. The Kier molecular flexibility index (Phi) is 5.66. The normalized spacial score (nSPS) is 15.7. The lowest BCUT2D eigenvalue weighted by Gasteiger charge is -2.14. The molecule has 0 saturated carbocycles. The van der Waals surface area contributed by atoms with Crippen molar-refractivity contribution in [1.29, 1.82) is 0 Å². The summed E-state index contributed by atoms with van der Waals surface area (Å²) in [6.07, 6.45) is 1.84. The lowest BCUT2D eigenvalue weighted by atomic mass is 10.1. The fourth-order valence-electron chi connectivity index (χ4n) is 3.53. The number of fused-ring (bicyclic) bond motifs is 2. The summed E-state index contributed by atoms with van der Waals surface area (Å²) in [6, 6.07) is 5.87. The van der Waals surface area contributed by atoms with Crippen molar-refractivity contribution in [3.05, 3.63) is 45.9 Å². The second kappa shape index (κ2) is 8.23. The van der Waals surface area contributed by atoms with Gasteiger partial charge in [0, 0.05) is 25.3 Å². The smallest absolute Gasteiger partial charge is 0.265 e. The zero-order chi connectivity index (χ0) is 21.4. The molecule has 3 heterocycles. The van der Waals surface area contributed by atoms with Crippen LogP contribution in [-0.2, 0) is 4.79 Å². The van der Waals surface area contributed by atoms with Gasteiger partial charge in [0.1, 0.15) is 5.39 Å². The molecular formula is C21H26N6O2S. The Balaban J connectivity index is 1.63. The molecule has 4 rings (SSSR count). The number of aromatic nitrogens is 4. The van der Waals surface area contributed by atoms with Crippen molar-refractivity contribution in [1.82, 2.24) is 29.5 Å². The molecule has 1 atom stereocenters. The van der Waals surface area contributed by atoms with Gasteiger partial charge in [-0.05, 0) is 51.2 Å². The van der Waals surface area contributed by atoms with Crippen molar-refractivity contribution in [2.75, 3.05) is 32.9 Å². The van der Waals surface area contributed by atoms with Gasteiger partial charge in [-0.1, -0.05) is 17.8 Å². The molecule has 1 aliphatic rings. The Hall–Kier alpha value is -2.65. The molecule has 0 fully saturated rings. The molecule has 0 bridgehead atoms. The molecule has 3 aromatic rings. The highest BCUT2D eigenvalue weighted by Crippen LogP contribution is 2.33. The molecular weight excluding hydrogens is 400 g/mol. The number of nitrogens with zero attached hydrogens (tertiary/aromatic N) is 5. The molecule has 1 aromatic carbocycles. The standard InChI is InChI=1S/C21H26N6O2S/c1-13-5-6-15(9-14(13)2)27-19-17(11-23-27)20(29)26-16(12-30-21(26)24-19)10-18(28)22-7-8-25(3)4/h5-6,9,11,16H,7-8,10,12H2,1-4H3,(H,22,28). The summed E-state index contributed by atoms with van der Waals surface area (Å²) >= 11 is 1.51. The Morgan fingerprint density at radius 3 is 2.83 bits per heavy atom. The number of thioether (sulfide) groups is 1. The molecule has 0 radical (unpaired) electrons. The van der Waals surface area contributed by atoms with Gasteiger partial charge in [-0.3, -0.25) is 14.2 Å². The maximum atomic E-state index is 13.2. The summed E-state index contributed by atoms with van der Waals surface area (Å²) in [6.45, 7) is 5.48. The summed E-state index contributed by atoms with van der Waals surface area (Å²) in [5.41, 5.74) is 3.65. The Labute approximate surface area is 179 Å². The van der Waals surface area contributed by atoms with Crippen LogP contribution in [0, 0.1) is 13.8 Å². The number of hydrogen-bond donors (Lipinski definition) is 1. The second-order valence-electron chi connectivity index (χ2n) is 7.95. The van der Waals surface area contributed by atoms with Crippen molar-refractivity contribution < 1.29 is 4.79 Å². The van der Waals surface area contributed by atoms with Gasteiger partial charge in [0.05, 0.1) is 17.9 Å². The van der Waals surface area contributed by atoms with Gasteiger partial charge in [-0.25, -0.2) is 9.67 Å². The highest BCUT2D eigenvalue weighted by molar-refractivity contribution is 7.99. The lowest BCUT2D eigenvalue weighted by molar-refractivity contribution is -0.121. The Morgan fingerprint density at radius 2 is 2.10 bits per heavy atom. The van der Waals surface area contributed by atoms with Crippen LogP contribution in [0.3, 0.4) is 0 Å². The van der Waals surface area contributed by atoms with E-state index in [1.807, 2.05) is 37.2 Å². The summed E-state index contributed by atoms with van der Waals surface area (Å²) in [4.78, 5) is 32.3. The molecule has 0 aliphatic carbocycles. The first-order valence-corrected chi connectivity index (χ1v) is 11.0. The van der Waals surface area contributed by atoms with Gasteiger partial charge in [0.15, 0.2) is 10.8 Å². The molecule has 2 aromatic heterocycles. The minimum atomic E-state index is -0.196. The van der Waals surface area contributed by atoms with Crippen LogP contribution in [0.15, 0.2) is 34.3 Å². The predicted octanol–water partition coefficient (Wildman–Crippen LogP) is 1.91. The SMILES string of the molecule is Cc1ccc(-n2ncc3c(=O)n4c(nc32)SCC4CC(=O)NCCN(C)C)cc1C. The van der Waals surface area contributed by atoms with Gasteiger partial charge in [-0.2, -0.15) is 5.10 Å². The van der Waals surface area contributed by atoms with Crippen molar-refractivity contribution in [3.63, 3.8) is 0 Å². The van der Waals surface area contributed by atoms with Crippen LogP contribution in [-0.4, -0.2) is 63.1 Å². The number of rotatable bonds is 6. The zero-order valence-corrected chi connectivity index (χ0v) is 18.5. The van der Waals surface area contributed by atoms with Crippen LogP contribution < -0.4 is 10.9 Å². The quantitative estimate of drug-likeness (QED) is 0.606. The lowest BCUT2D eigenvalue weighted by Crippen LogP contribution is -2.34. The Morgan fingerprint density at radius 1 is 1.30 bits per heavy atom. The first kappa shape index (κ1) is 20.6. The van der Waals surface area contributed by atoms with Crippen LogP contribution in [0.4, 0.5) is 0 Å². The van der Waals surface area contributed by atoms with Crippen LogP contribution in [0.5, 0.6) is 0 Å². The van der Waals surface area contributed by atoms with Gasteiger partial charge < -0.3 is 10.2 Å². The van der Waals surface area contributed by atoms with Gasteiger partial charge in [-0.15, -0.1) is 0 Å². The van der Waals surface area contributed by atoms with E-state index < -0.39 is 0 Å². The van der Waals surface area contributed by atoms with Crippen LogP contribution >= 0.6 is 11.8 Å². The summed E-state index contributed by atoms with van der Waals surface area (Å²) in [5.74, 6) is 0.612. The molecule has 1 amide bonds. The third-order valence-electron chi connectivity index (χ3n) is 5.41. The van der Waals surface area contributed by atoms with Crippen LogP contribution in [0.25, 0.3) is 16.7 Å². The van der Waals surface area contributed by atoms with Crippen molar-refractivity contribution in [2.24, 2.45) is 0 Å². The largest absolute Gasteiger partial charge is 0.355 e. The minimum absolute atomic E-state index is 0.0480. The molecule has 1 N–H and O–H groups in total. The monoisotopic (exact) mass is 426 g/mol. The highest BCUT2D eigenvalue weighted by Gasteiger charge is 2.29. The number of aryl methyl sites for hydroxylation is 2. The molecule has 158 valence electrons. The van der Waals surface area contributed by atoms with E-state index in [9.17, 15) is 9.59 Å². The third-order valence-corrected chi connectivity index (χ3v) is 6.51. The van der Waals surface area contributed by atoms with Crippen LogP contribution in [0.1, 0.15) is 23.6 Å². The van der Waals surface area contributed by atoms with Crippen molar-refractivity contribution in [3.8, 4) is 5.69 Å². The fraction of sp³-hybridized carbons (Fsp3) is 0.429. The maximum absolute atomic E-state index is 13.2. The molecule has 0 spiro atoms. The van der Waals surface area contributed by atoms with Gasteiger partial charge in [0.25, 0.3) is 5.56 Å². The first-order chi connectivity index (χ1) is 14.3. The zero-order valence-electron chi connectivity index (χ0n) is 17.7. The summed E-state index contributed by atoms with van der Waals surface area (Å²) < 4.78 is 3.37. The number of carbonyl (C=O) groups is 1. The first-order valence-electron chi connectivity index (χ1n) is 9.97. The number of nitrogens with one attached hydrogen (secondary N) is 1. The summed E-state index contributed by atoms with van der Waals surface area (Å²) in [7, 11) is 3.93.